The molecular weight excluding hydrogens is 152 g/mol. The zero-order valence-corrected chi connectivity index (χ0v) is 7.70. The molecular formula is C8H14N4. The number of hydrazone groups is 1. The predicted molar refractivity (Wildman–Crippen MR) is 47.2 cm³/mol. The van der Waals surface area contributed by atoms with Gasteiger partial charge in [0.15, 0.2) is 0 Å². The first-order chi connectivity index (χ1) is 5.53. The first-order valence-electron chi connectivity index (χ1n) is 3.97. The van der Waals surface area contributed by atoms with Gasteiger partial charge in [0.25, 0.3) is 0 Å². The van der Waals surface area contributed by atoms with Gasteiger partial charge in [-0.1, -0.05) is 20.8 Å². The van der Waals surface area contributed by atoms with Gasteiger partial charge in [-0.2, -0.15) is 10.4 Å². The monoisotopic (exact) mass is 166 g/mol. The van der Waals surface area contributed by atoms with Crippen molar-refractivity contribution in [3.05, 3.63) is 0 Å². The summed E-state index contributed by atoms with van der Waals surface area (Å²) >= 11 is 0. The fourth-order valence-corrected chi connectivity index (χ4v) is 1.10. The van der Waals surface area contributed by atoms with E-state index >= 15 is 0 Å². The van der Waals surface area contributed by atoms with E-state index in [1.54, 1.807) is 6.34 Å². The van der Waals surface area contributed by atoms with Crippen molar-refractivity contribution in [2.24, 2.45) is 10.5 Å². The van der Waals surface area contributed by atoms with Crippen molar-refractivity contribution in [3.8, 4) is 6.07 Å². The maximum absolute atomic E-state index is 8.70. The minimum absolute atomic E-state index is 0.188. The molecule has 0 aromatic carbocycles. The third kappa shape index (κ3) is 2.12. The Balaban J connectivity index is 2.53. The molecule has 0 saturated heterocycles. The zero-order valence-electron chi connectivity index (χ0n) is 7.70. The predicted octanol–water partition coefficient (Wildman–Crippen LogP) is 0.731. The van der Waals surface area contributed by atoms with Gasteiger partial charge in [-0.3, -0.25) is 5.43 Å². The average Bonchev–Trinajstić information content (AvgIpc) is 2.31. The van der Waals surface area contributed by atoms with Crippen molar-refractivity contribution in [1.29, 1.82) is 5.26 Å². The van der Waals surface area contributed by atoms with Gasteiger partial charge < -0.3 is 4.90 Å². The van der Waals surface area contributed by atoms with E-state index in [-0.39, 0.29) is 11.6 Å². The highest BCUT2D eigenvalue weighted by Gasteiger charge is 2.23. The molecule has 4 heteroatoms. The molecule has 1 aliphatic heterocycles. The molecule has 12 heavy (non-hydrogen) atoms. The molecule has 1 unspecified atom stereocenters. The largest absolute Gasteiger partial charge is 0.327 e. The summed E-state index contributed by atoms with van der Waals surface area (Å²) in [6, 6.07) is 2.13. The third-order valence-corrected chi connectivity index (χ3v) is 1.51. The Kier molecular flexibility index (Phi) is 2.22. The van der Waals surface area contributed by atoms with E-state index in [1.807, 2.05) is 4.90 Å². The van der Waals surface area contributed by atoms with Gasteiger partial charge >= 0.3 is 0 Å². The van der Waals surface area contributed by atoms with Crippen LogP contribution in [0.5, 0.6) is 0 Å². The molecule has 0 aromatic heterocycles. The molecule has 1 heterocycles. The Morgan fingerprint density at radius 2 is 2.33 bits per heavy atom. The summed E-state index contributed by atoms with van der Waals surface area (Å²) in [4.78, 5) is 1.90. The van der Waals surface area contributed by atoms with Crippen LogP contribution in [0.2, 0.25) is 0 Å². The van der Waals surface area contributed by atoms with Gasteiger partial charge in [0.2, 0.25) is 6.17 Å². The van der Waals surface area contributed by atoms with E-state index in [9.17, 15) is 0 Å². The molecule has 1 N–H and O–H groups in total. The molecule has 0 saturated carbocycles. The van der Waals surface area contributed by atoms with Crippen LogP contribution < -0.4 is 5.43 Å². The smallest absolute Gasteiger partial charge is 0.205 e. The molecule has 0 aromatic rings. The van der Waals surface area contributed by atoms with E-state index < -0.39 is 0 Å². The van der Waals surface area contributed by atoms with Gasteiger partial charge in [0, 0.05) is 6.54 Å². The minimum atomic E-state index is -0.288. The molecule has 4 nitrogen and oxygen atoms in total. The number of nitriles is 1. The van der Waals surface area contributed by atoms with Crippen molar-refractivity contribution >= 4 is 6.34 Å². The van der Waals surface area contributed by atoms with E-state index in [2.05, 4.69) is 37.4 Å². The summed E-state index contributed by atoms with van der Waals surface area (Å²) in [7, 11) is 0. The summed E-state index contributed by atoms with van der Waals surface area (Å²) in [6.45, 7) is 7.23. The molecule has 0 radical (unpaired) electrons. The Labute approximate surface area is 72.9 Å². The number of nitrogens with one attached hydrogen (secondary N) is 1. The van der Waals surface area contributed by atoms with Gasteiger partial charge in [0.1, 0.15) is 12.4 Å². The van der Waals surface area contributed by atoms with Crippen LogP contribution in [0, 0.1) is 16.7 Å². The summed E-state index contributed by atoms with van der Waals surface area (Å²) in [6.07, 6.45) is 1.39. The van der Waals surface area contributed by atoms with Crippen LogP contribution in [-0.4, -0.2) is 23.9 Å². The highest BCUT2D eigenvalue weighted by Crippen LogP contribution is 2.16. The second-order valence-corrected chi connectivity index (χ2v) is 4.14. The average molecular weight is 166 g/mol. The fraction of sp³-hybridized carbons (Fsp3) is 0.750. The number of hydrogen-bond acceptors (Lipinski definition) is 4. The van der Waals surface area contributed by atoms with E-state index in [4.69, 9.17) is 5.26 Å². The van der Waals surface area contributed by atoms with Crippen molar-refractivity contribution < 1.29 is 0 Å². The van der Waals surface area contributed by atoms with Crippen LogP contribution in [0.15, 0.2) is 5.10 Å². The van der Waals surface area contributed by atoms with Crippen LogP contribution in [-0.2, 0) is 0 Å². The molecule has 0 fully saturated rings. The molecule has 0 spiro atoms. The van der Waals surface area contributed by atoms with Crippen molar-refractivity contribution in [2.75, 3.05) is 6.54 Å². The van der Waals surface area contributed by atoms with Crippen LogP contribution in [0.1, 0.15) is 20.8 Å². The number of nitrogens with zero attached hydrogens (tertiary/aromatic N) is 3. The normalized spacial score (nSPS) is 22.2. The summed E-state index contributed by atoms with van der Waals surface area (Å²) in [5, 5.41) is 12.5. The summed E-state index contributed by atoms with van der Waals surface area (Å²) in [5.74, 6) is 0. The summed E-state index contributed by atoms with van der Waals surface area (Å²) in [5.41, 5.74) is 2.90. The first kappa shape index (κ1) is 8.85. The first-order valence-corrected chi connectivity index (χ1v) is 3.97. The quantitative estimate of drug-likeness (QED) is 0.624. The van der Waals surface area contributed by atoms with E-state index in [1.165, 1.54) is 0 Å². The molecule has 1 rings (SSSR count). The Morgan fingerprint density at radius 3 is 2.83 bits per heavy atom. The third-order valence-electron chi connectivity index (χ3n) is 1.51. The van der Waals surface area contributed by atoms with E-state index in [0.717, 1.165) is 6.54 Å². The highest BCUT2D eigenvalue weighted by molar-refractivity contribution is 5.58. The van der Waals surface area contributed by atoms with Crippen molar-refractivity contribution in [3.63, 3.8) is 0 Å². The van der Waals surface area contributed by atoms with Crippen molar-refractivity contribution in [2.45, 2.75) is 26.9 Å². The van der Waals surface area contributed by atoms with Crippen LogP contribution in [0.3, 0.4) is 0 Å². The number of hydrogen-bond donors (Lipinski definition) is 1. The molecule has 0 bridgehead atoms. The lowest BCUT2D eigenvalue weighted by Crippen LogP contribution is -2.40. The molecule has 1 atom stereocenters. The lowest BCUT2D eigenvalue weighted by molar-refractivity contribution is 0.253. The standard InChI is InChI=1S/C8H14N4/c1-8(2,3)5-12-6-10-11-7(12)4-9/h6-7,11H,5H2,1-3H3. The Morgan fingerprint density at radius 1 is 1.67 bits per heavy atom. The van der Waals surface area contributed by atoms with Crippen molar-refractivity contribution in [1.82, 2.24) is 10.3 Å². The second kappa shape index (κ2) is 3.02. The van der Waals surface area contributed by atoms with Gasteiger partial charge in [-0.15, -0.1) is 0 Å². The molecule has 0 amide bonds. The maximum atomic E-state index is 8.70. The van der Waals surface area contributed by atoms with Crippen LogP contribution in [0.4, 0.5) is 0 Å². The lowest BCUT2D eigenvalue weighted by atomic mass is 9.96. The van der Waals surface area contributed by atoms with Crippen LogP contribution >= 0.6 is 0 Å². The SMILES string of the molecule is CC(C)(C)CN1C=NNC1C#N. The molecule has 1 aliphatic rings. The van der Waals surface area contributed by atoms with Gasteiger partial charge in [-0.05, 0) is 5.41 Å². The fourth-order valence-electron chi connectivity index (χ4n) is 1.10. The Hall–Kier alpha value is -1.24. The van der Waals surface area contributed by atoms with E-state index in [0.29, 0.717) is 0 Å². The molecule has 0 aliphatic carbocycles. The minimum Gasteiger partial charge on any atom is -0.327 e. The molecule has 66 valence electrons. The van der Waals surface area contributed by atoms with Crippen LogP contribution in [0.25, 0.3) is 0 Å². The zero-order chi connectivity index (χ0) is 9.19. The second-order valence-electron chi connectivity index (χ2n) is 4.14. The Bertz CT molecular complexity index is 220. The summed E-state index contributed by atoms with van der Waals surface area (Å²) < 4.78 is 0. The maximum Gasteiger partial charge on any atom is 0.205 e. The van der Waals surface area contributed by atoms with Gasteiger partial charge in [-0.25, -0.2) is 0 Å². The number of rotatable bonds is 1. The topological polar surface area (TPSA) is 51.4 Å². The highest BCUT2D eigenvalue weighted by atomic mass is 15.5. The van der Waals surface area contributed by atoms with Gasteiger partial charge in [0.05, 0.1) is 0 Å². The lowest BCUT2D eigenvalue weighted by Gasteiger charge is -2.26.